The van der Waals surface area contributed by atoms with Crippen LogP contribution in [-0.4, -0.2) is 36.6 Å². The first-order valence-corrected chi connectivity index (χ1v) is 9.32. The van der Waals surface area contributed by atoms with Gasteiger partial charge >= 0.3 is 12.2 Å². The predicted octanol–water partition coefficient (Wildman–Crippen LogP) is 4.34. The van der Waals surface area contributed by atoms with Crippen molar-refractivity contribution < 1.29 is 36.0 Å². The molecule has 7 nitrogen and oxygen atoms in total. The highest BCUT2D eigenvalue weighted by molar-refractivity contribution is 6.31. The Kier molecular flexibility index (Phi) is 5.19. The minimum atomic E-state index is -4.79. The lowest BCUT2D eigenvalue weighted by molar-refractivity contribution is -0.136. The average Bonchev–Trinajstić information content (AvgIpc) is 3.35. The van der Waals surface area contributed by atoms with Crippen LogP contribution in [0, 0.1) is 11.6 Å². The molecule has 0 radical (unpaired) electrons. The summed E-state index contributed by atoms with van der Waals surface area (Å²) in [6, 6.07) is 1.26. The summed E-state index contributed by atoms with van der Waals surface area (Å²) < 4.78 is 73.4. The van der Waals surface area contributed by atoms with E-state index in [2.05, 4.69) is 10.3 Å². The van der Waals surface area contributed by atoms with Crippen molar-refractivity contribution in [1.82, 2.24) is 10.3 Å². The molecule has 0 saturated carbocycles. The number of carbonyl (C=O) groups is 2. The summed E-state index contributed by atoms with van der Waals surface area (Å²) in [5.41, 5.74) is -1.88. The van der Waals surface area contributed by atoms with Crippen molar-refractivity contribution in [3.63, 3.8) is 0 Å². The van der Waals surface area contributed by atoms with Gasteiger partial charge in [-0.2, -0.15) is 18.2 Å². The summed E-state index contributed by atoms with van der Waals surface area (Å²) in [6.45, 7) is -0.294. The number of rotatable bonds is 3. The Hall–Kier alpha value is -3.41. The van der Waals surface area contributed by atoms with Crippen LogP contribution in [0.25, 0.3) is 11.1 Å². The number of halogens is 6. The number of nitrogens with zero attached hydrogens (tertiary/aromatic N) is 3. The lowest BCUT2D eigenvalue weighted by Crippen LogP contribution is -2.47. The van der Waals surface area contributed by atoms with E-state index in [1.54, 1.807) is 0 Å². The lowest BCUT2D eigenvalue weighted by atomic mass is 10.1. The first-order valence-electron chi connectivity index (χ1n) is 8.94. The molecule has 168 valence electrons. The van der Waals surface area contributed by atoms with Gasteiger partial charge < -0.3 is 14.6 Å². The Labute approximate surface area is 181 Å². The molecule has 0 spiro atoms. The Morgan fingerprint density at radius 1 is 1.31 bits per heavy atom. The fourth-order valence-electron chi connectivity index (χ4n) is 3.37. The second-order valence-electron chi connectivity index (χ2n) is 6.83. The molecule has 1 atom stereocenters. The van der Waals surface area contributed by atoms with Crippen LogP contribution in [0.5, 0.6) is 0 Å². The van der Waals surface area contributed by atoms with Gasteiger partial charge in [0.1, 0.15) is 22.7 Å². The van der Waals surface area contributed by atoms with Crippen molar-refractivity contribution in [1.29, 1.82) is 0 Å². The van der Waals surface area contributed by atoms with Gasteiger partial charge in [-0.05, 0) is 24.3 Å². The monoisotopic (exact) mass is 474 g/mol. The molecule has 1 saturated heterocycles. The molecule has 0 bridgehead atoms. The molecule has 1 aliphatic rings. The second kappa shape index (κ2) is 7.62. The van der Waals surface area contributed by atoms with E-state index in [1.807, 2.05) is 0 Å². The minimum absolute atomic E-state index is 0.294. The number of nitrogens with one attached hydrogen (secondary N) is 1. The standard InChI is InChI=1S/C19H12ClF5N4O3/c1-28(11-3-2-10(21)14(20)15(11)22)17(30)12-7-26-18(31)29(12)13-6-9(19(23,24)25)8-4-5-32-16(8)27-13/h2-6,12H,7H2,1H3,(H,26,31). The summed E-state index contributed by atoms with van der Waals surface area (Å²) in [5, 5.41) is 1.20. The normalized spacial score (nSPS) is 16.5. The van der Waals surface area contributed by atoms with Gasteiger partial charge in [0, 0.05) is 13.6 Å². The Bertz CT molecular complexity index is 1250. The molecule has 1 unspecified atom stereocenters. The van der Waals surface area contributed by atoms with E-state index in [1.165, 1.54) is 0 Å². The van der Waals surface area contributed by atoms with E-state index in [-0.39, 0.29) is 23.3 Å². The van der Waals surface area contributed by atoms with Crippen LogP contribution in [-0.2, 0) is 11.0 Å². The van der Waals surface area contributed by atoms with Crippen LogP contribution in [0.2, 0.25) is 5.02 Å². The number of urea groups is 1. The zero-order valence-electron chi connectivity index (χ0n) is 16.0. The third kappa shape index (κ3) is 3.49. The summed E-state index contributed by atoms with van der Waals surface area (Å²) >= 11 is 5.55. The van der Waals surface area contributed by atoms with E-state index >= 15 is 0 Å². The molecule has 13 heteroatoms. The molecule has 1 aromatic carbocycles. The number of amides is 3. The smallest absolute Gasteiger partial charge is 0.417 e. The number of alkyl halides is 3. The molecule has 2 aromatic heterocycles. The Morgan fingerprint density at radius 3 is 2.72 bits per heavy atom. The zero-order chi connectivity index (χ0) is 23.4. The van der Waals surface area contributed by atoms with E-state index in [0.29, 0.717) is 6.07 Å². The molecule has 1 fully saturated rings. The number of fused-ring (bicyclic) bond motifs is 1. The summed E-state index contributed by atoms with van der Waals surface area (Å²) in [5.74, 6) is -3.61. The maximum Gasteiger partial charge on any atom is 0.417 e. The maximum atomic E-state index is 14.4. The van der Waals surface area contributed by atoms with Gasteiger partial charge in [-0.3, -0.25) is 9.69 Å². The first kappa shape index (κ1) is 21.8. The Balaban J connectivity index is 1.75. The number of furan rings is 1. The van der Waals surface area contributed by atoms with Crippen molar-refractivity contribution in [3.8, 4) is 0 Å². The zero-order valence-corrected chi connectivity index (χ0v) is 16.8. The molecule has 3 aromatic rings. The van der Waals surface area contributed by atoms with Crippen LogP contribution in [0.1, 0.15) is 5.56 Å². The Morgan fingerprint density at radius 2 is 2.03 bits per heavy atom. The molecule has 1 N–H and O–H groups in total. The van der Waals surface area contributed by atoms with Crippen LogP contribution >= 0.6 is 11.6 Å². The molecule has 3 amide bonds. The molecule has 0 aliphatic carbocycles. The predicted molar refractivity (Wildman–Crippen MR) is 103 cm³/mol. The summed E-state index contributed by atoms with van der Waals surface area (Å²) in [6.07, 6.45) is -3.78. The number of carbonyl (C=O) groups excluding carboxylic acids is 2. The van der Waals surface area contributed by atoms with Gasteiger partial charge in [0.2, 0.25) is 5.71 Å². The van der Waals surface area contributed by atoms with Crippen LogP contribution < -0.4 is 15.1 Å². The van der Waals surface area contributed by atoms with Gasteiger partial charge in [-0.15, -0.1) is 0 Å². The maximum absolute atomic E-state index is 14.4. The SMILES string of the molecule is CN(C(=O)C1CNC(=O)N1c1cc(C(F)(F)F)c2ccoc2n1)c1ccc(F)c(Cl)c1F. The second-order valence-corrected chi connectivity index (χ2v) is 7.21. The van der Waals surface area contributed by atoms with E-state index in [4.69, 9.17) is 16.0 Å². The van der Waals surface area contributed by atoms with E-state index < -0.39 is 52.2 Å². The van der Waals surface area contributed by atoms with Crippen molar-refractivity contribution in [3.05, 3.63) is 52.7 Å². The molecular formula is C19H12ClF5N4O3. The van der Waals surface area contributed by atoms with Crippen LogP contribution in [0.3, 0.4) is 0 Å². The summed E-state index contributed by atoms with van der Waals surface area (Å²) in [4.78, 5) is 30.9. The fourth-order valence-corrected chi connectivity index (χ4v) is 3.53. The van der Waals surface area contributed by atoms with Crippen molar-refractivity contribution >= 4 is 46.1 Å². The fraction of sp³-hybridized carbons (Fsp3) is 0.211. The molecule has 4 rings (SSSR count). The van der Waals surface area contributed by atoms with Gasteiger partial charge in [0.05, 0.1) is 22.9 Å². The molecule has 32 heavy (non-hydrogen) atoms. The lowest BCUT2D eigenvalue weighted by Gasteiger charge is -2.27. The highest BCUT2D eigenvalue weighted by atomic mass is 35.5. The number of hydrogen-bond donors (Lipinski definition) is 1. The number of likely N-dealkylation sites (N-methyl/N-ethyl adjacent to an activating group) is 1. The van der Waals surface area contributed by atoms with Gasteiger partial charge in [0.15, 0.2) is 5.82 Å². The third-order valence-electron chi connectivity index (χ3n) is 4.95. The van der Waals surface area contributed by atoms with E-state index in [0.717, 1.165) is 41.3 Å². The highest BCUT2D eigenvalue weighted by Crippen LogP contribution is 2.38. The third-order valence-corrected chi connectivity index (χ3v) is 5.29. The van der Waals surface area contributed by atoms with Crippen LogP contribution in [0.4, 0.5) is 38.3 Å². The quantitative estimate of drug-likeness (QED) is 0.452. The van der Waals surface area contributed by atoms with E-state index in [9.17, 15) is 31.5 Å². The number of aromatic nitrogens is 1. The van der Waals surface area contributed by atoms with Crippen molar-refractivity contribution in [2.75, 3.05) is 23.4 Å². The van der Waals surface area contributed by atoms with Gasteiger partial charge in [-0.25, -0.2) is 13.6 Å². The van der Waals surface area contributed by atoms with Crippen LogP contribution in [0.15, 0.2) is 34.9 Å². The minimum Gasteiger partial charge on any atom is -0.446 e. The average molecular weight is 475 g/mol. The number of benzene rings is 1. The highest BCUT2D eigenvalue weighted by Gasteiger charge is 2.42. The number of anilines is 2. The molecule has 1 aliphatic heterocycles. The van der Waals surface area contributed by atoms with Crippen molar-refractivity contribution in [2.45, 2.75) is 12.2 Å². The van der Waals surface area contributed by atoms with Gasteiger partial charge in [0.25, 0.3) is 5.91 Å². The van der Waals surface area contributed by atoms with Crippen molar-refractivity contribution in [2.24, 2.45) is 0 Å². The van der Waals surface area contributed by atoms with Gasteiger partial charge in [-0.1, -0.05) is 11.6 Å². The largest absolute Gasteiger partial charge is 0.446 e. The topological polar surface area (TPSA) is 78.7 Å². The molecule has 3 heterocycles. The number of hydrogen-bond acceptors (Lipinski definition) is 4. The molecular weight excluding hydrogens is 463 g/mol. The summed E-state index contributed by atoms with van der Waals surface area (Å²) in [7, 11) is 1.15. The number of pyridine rings is 1. The first-order chi connectivity index (χ1) is 15.0.